The highest BCUT2D eigenvalue weighted by atomic mass is 32.2. The average molecular weight is 123 g/mol. The molecule has 0 amide bonds. The fourth-order valence-electron chi connectivity index (χ4n) is 0. The van der Waals surface area contributed by atoms with Crippen LogP contribution in [0.25, 0.3) is 0 Å². The van der Waals surface area contributed by atoms with Crippen LogP contribution in [0.4, 0.5) is 0 Å². The fraction of sp³-hybridized carbons (Fsp3) is 0. The lowest BCUT2D eigenvalue weighted by molar-refractivity contribution is 0.485. The first-order valence-corrected chi connectivity index (χ1v) is 2.25. The van der Waals surface area contributed by atoms with E-state index in [-0.39, 0.29) is 23.1 Å². The SMILES string of the molecule is NS(=O)(=O)O.[MgH2]. The zero-order valence-electron chi connectivity index (χ0n) is 2.25. The van der Waals surface area contributed by atoms with Crippen molar-refractivity contribution in [3.05, 3.63) is 0 Å². The molecule has 0 bridgehead atoms. The minimum atomic E-state index is -4.17. The van der Waals surface area contributed by atoms with E-state index in [0.29, 0.717) is 0 Å². The van der Waals surface area contributed by atoms with Crippen LogP contribution in [-0.2, 0) is 10.3 Å². The van der Waals surface area contributed by atoms with Crippen LogP contribution in [-0.4, -0.2) is 36.0 Å². The maximum atomic E-state index is 8.97. The Balaban J connectivity index is 0. The van der Waals surface area contributed by atoms with E-state index in [2.05, 4.69) is 5.14 Å². The van der Waals surface area contributed by atoms with Crippen LogP contribution in [0.2, 0.25) is 0 Å². The Kier molecular flexibility index (Phi) is 4.50. The fourth-order valence-corrected chi connectivity index (χ4v) is 0. The number of rotatable bonds is 0. The summed E-state index contributed by atoms with van der Waals surface area (Å²) in [5, 5.41) is 3.88. The first-order chi connectivity index (χ1) is 2.00. The Morgan fingerprint density at radius 3 is 1.50 bits per heavy atom. The van der Waals surface area contributed by atoms with E-state index in [4.69, 9.17) is 13.0 Å². The van der Waals surface area contributed by atoms with Crippen LogP contribution in [0.3, 0.4) is 0 Å². The van der Waals surface area contributed by atoms with Crippen molar-refractivity contribution in [2.45, 2.75) is 0 Å². The summed E-state index contributed by atoms with van der Waals surface area (Å²) in [4.78, 5) is 0. The highest BCUT2D eigenvalue weighted by Crippen LogP contribution is 1.50. The molecule has 6 heavy (non-hydrogen) atoms. The van der Waals surface area contributed by atoms with Crippen molar-refractivity contribution in [2.24, 2.45) is 5.14 Å². The van der Waals surface area contributed by atoms with Gasteiger partial charge in [-0.25, -0.2) is 5.14 Å². The standard InChI is InChI=1S/Mg.H3NO3S.2H/c;1-5(2,3)4;;/h;(H3,1,2,3,4);;. The zero-order valence-corrected chi connectivity index (χ0v) is 3.07. The lowest BCUT2D eigenvalue weighted by atomic mass is 13.9. The third-order valence-electron chi connectivity index (χ3n) is 0. The molecule has 0 aromatic rings. The molecule has 0 aromatic carbocycles. The number of hydrogen-bond donors (Lipinski definition) is 2. The highest BCUT2D eigenvalue weighted by Gasteiger charge is 1.81. The molecular formula is H5MgNO3S. The molecule has 0 aliphatic heterocycles. The van der Waals surface area contributed by atoms with Crippen molar-refractivity contribution in [1.82, 2.24) is 0 Å². The van der Waals surface area contributed by atoms with Crippen molar-refractivity contribution < 1.29 is 13.0 Å². The van der Waals surface area contributed by atoms with Gasteiger partial charge in [-0.3, -0.25) is 4.55 Å². The molecule has 3 N–H and O–H groups in total. The lowest BCUT2D eigenvalue weighted by Crippen LogP contribution is -2.08. The summed E-state index contributed by atoms with van der Waals surface area (Å²) in [5.41, 5.74) is 0. The molecular weight excluding hydrogens is 118 g/mol. The van der Waals surface area contributed by atoms with Crippen molar-refractivity contribution in [3.63, 3.8) is 0 Å². The van der Waals surface area contributed by atoms with E-state index in [1.807, 2.05) is 0 Å². The number of nitrogens with two attached hydrogens (primary N) is 1. The summed E-state index contributed by atoms with van der Waals surface area (Å²) < 4.78 is 25.2. The quantitative estimate of drug-likeness (QED) is 0.284. The Hall–Kier alpha value is 0.636. The average Bonchev–Trinajstić information content (AvgIpc) is 0.722. The minimum Gasteiger partial charge on any atom is -0.274 e. The van der Waals surface area contributed by atoms with E-state index in [1.54, 1.807) is 0 Å². The minimum absolute atomic E-state index is 0. The number of hydrogen-bond acceptors (Lipinski definition) is 2. The van der Waals surface area contributed by atoms with Crippen LogP contribution in [0.1, 0.15) is 0 Å². The first kappa shape index (κ1) is 9.81. The lowest BCUT2D eigenvalue weighted by Gasteiger charge is -1.70. The van der Waals surface area contributed by atoms with Crippen LogP contribution >= 0.6 is 0 Å². The second-order valence-electron chi connectivity index (χ2n) is 0.515. The van der Waals surface area contributed by atoms with E-state index in [1.165, 1.54) is 0 Å². The molecule has 0 fully saturated rings. The van der Waals surface area contributed by atoms with Gasteiger partial charge in [0.05, 0.1) is 0 Å². The van der Waals surface area contributed by atoms with Crippen LogP contribution in [0.15, 0.2) is 0 Å². The predicted molar refractivity (Wildman–Crippen MR) is 24.3 cm³/mol. The molecule has 0 saturated heterocycles. The van der Waals surface area contributed by atoms with Crippen molar-refractivity contribution >= 4 is 33.4 Å². The van der Waals surface area contributed by atoms with E-state index < -0.39 is 10.3 Å². The van der Waals surface area contributed by atoms with Gasteiger partial charge in [0.25, 0.3) is 0 Å². The Morgan fingerprint density at radius 2 is 1.50 bits per heavy atom. The molecule has 0 heterocycles. The maximum absolute atomic E-state index is 8.97. The van der Waals surface area contributed by atoms with Crippen molar-refractivity contribution in [1.29, 1.82) is 0 Å². The third kappa shape index (κ3) is 151. The first-order valence-electron chi connectivity index (χ1n) is 0.752. The Morgan fingerprint density at radius 1 is 1.50 bits per heavy atom. The van der Waals surface area contributed by atoms with Crippen molar-refractivity contribution in [2.75, 3.05) is 0 Å². The second kappa shape index (κ2) is 2.75. The topological polar surface area (TPSA) is 80.4 Å². The van der Waals surface area contributed by atoms with Gasteiger partial charge in [0.2, 0.25) is 0 Å². The summed E-state index contributed by atoms with van der Waals surface area (Å²) in [6, 6.07) is 0. The summed E-state index contributed by atoms with van der Waals surface area (Å²) in [7, 11) is -4.17. The molecule has 0 radical (unpaired) electrons. The summed E-state index contributed by atoms with van der Waals surface area (Å²) >= 11 is 0. The van der Waals surface area contributed by atoms with Gasteiger partial charge in [0.1, 0.15) is 0 Å². The van der Waals surface area contributed by atoms with Gasteiger partial charge < -0.3 is 0 Å². The smallest absolute Gasteiger partial charge is 0.274 e. The van der Waals surface area contributed by atoms with E-state index >= 15 is 0 Å². The molecule has 0 spiro atoms. The van der Waals surface area contributed by atoms with E-state index in [0.717, 1.165) is 0 Å². The van der Waals surface area contributed by atoms with Gasteiger partial charge in [-0.2, -0.15) is 8.42 Å². The predicted octanol–water partition coefficient (Wildman–Crippen LogP) is -2.17. The normalized spacial score (nSPS) is 9.67. The maximum Gasteiger partial charge on any atom is 0.330 e. The molecule has 4 nitrogen and oxygen atoms in total. The summed E-state index contributed by atoms with van der Waals surface area (Å²) in [6.07, 6.45) is 0. The van der Waals surface area contributed by atoms with Crippen LogP contribution in [0, 0.1) is 0 Å². The third-order valence-corrected chi connectivity index (χ3v) is 0. The highest BCUT2D eigenvalue weighted by molar-refractivity contribution is 7.83. The van der Waals surface area contributed by atoms with Gasteiger partial charge >= 0.3 is 33.4 Å². The van der Waals surface area contributed by atoms with Crippen molar-refractivity contribution in [3.8, 4) is 0 Å². The molecule has 6 heteroatoms. The molecule has 0 aromatic heterocycles. The van der Waals surface area contributed by atoms with Crippen LogP contribution in [0.5, 0.6) is 0 Å². The molecule has 0 aliphatic rings. The Bertz CT molecular complexity index is 94.0. The van der Waals surface area contributed by atoms with Gasteiger partial charge in [-0.15, -0.1) is 0 Å². The van der Waals surface area contributed by atoms with Gasteiger partial charge in [-0.05, 0) is 0 Å². The van der Waals surface area contributed by atoms with Gasteiger partial charge in [-0.1, -0.05) is 0 Å². The Labute approximate surface area is 51.7 Å². The summed E-state index contributed by atoms with van der Waals surface area (Å²) in [6.45, 7) is 0. The molecule has 36 valence electrons. The largest absolute Gasteiger partial charge is 0.330 e. The zero-order chi connectivity index (χ0) is 4.50. The molecule has 0 atom stereocenters. The second-order valence-corrected chi connectivity index (χ2v) is 1.54. The van der Waals surface area contributed by atoms with Gasteiger partial charge in [0.15, 0.2) is 0 Å². The van der Waals surface area contributed by atoms with E-state index in [9.17, 15) is 0 Å². The molecule has 0 rings (SSSR count). The molecule has 0 unspecified atom stereocenters. The van der Waals surface area contributed by atoms with Crippen LogP contribution < -0.4 is 5.14 Å². The molecule has 0 aliphatic carbocycles. The van der Waals surface area contributed by atoms with Gasteiger partial charge in [0, 0.05) is 0 Å². The molecule has 0 saturated carbocycles. The monoisotopic (exact) mass is 123 g/mol. The summed E-state index contributed by atoms with van der Waals surface area (Å²) in [5.74, 6) is 0.